The van der Waals surface area contributed by atoms with E-state index in [1.54, 1.807) is 0 Å². The molecule has 37 heavy (non-hydrogen) atoms. The number of hydrogen-bond acceptors (Lipinski definition) is 5. The molecule has 0 saturated carbocycles. The molecule has 0 fully saturated rings. The fourth-order valence-electron chi connectivity index (χ4n) is 3.21. The Bertz CT molecular complexity index is 727. The number of ether oxygens (including phenoxy) is 2. The molecule has 0 saturated heterocycles. The lowest BCUT2D eigenvalue weighted by Gasteiger charge is -2.15. The molecule has 1 atom stereocenters. The first-order valence-electron chi connectivity index (χ1n) is 14.1. The Hall–Kier alpha value is -2.66. The fraction of sp³-hybridized carbons (Fsp3) is 0.562. The highest BCUT2D eigenvalue weighted by atomic mass is 16.6. The third-order valence-electron chi connectivity index (χ3n) is 5.36. The van der Waals surface area contributed by atoms with Gasteiger partial charge in [-0.15, -0.1) is 0 Å². The van der Waals surface area contributed by atoms with Crippen molar-refractivity contribution in [2.75, 3.05) is 13.2 Å². The monoisotopic (exact) mass is 514 g/mol. The van der Waals surface area contributed by atoms with Gasteiger partial charge in [0.2, 0.25) is 0 Å². The number of esters is 2. The second kappa shape index (κ2) is 27.9. The first kappa shape index (κ1) is 34.3. The molecule has 1 N–H and O–H groups in total. The number of carbonyl (C=O) groups excluding carboxylic acids is 2. The van der Waals surface area contributed by atoms with Gasteiger partial charge in [-0.3, -0.25) is 9.59 Å². The van der Waals surface area contributed by atoms with Crippen LogP contribution < -0.4 is 0 Å². The quantitative estimate of drug-likeness (QED) is 0.0650. The molecule has 5 nitrogen and oxygen atoms in total. The highest BCUT2D eigenvalue weighted by molar-refractivity contribution is 5.70. The summed E-state index contributed by atoms with van der Waals surface area (Å²) in [6.45, 7) is 3.82. The van der Waals surface area contributed by atoms with Crippen LogP contribution in [0.2, 0.25) is 0 Å². The van der Waals surface area contributed by atoms with E-state index in [2.05, 4.69) is 32.1 Å². The van der Waals surface area contributed by atoms with Crippen LogP contribution in [-0.4, -0.2) is 36.4 Å². The van der Waals surface area contributed by atoms with Crippen LogP contribution in [0.1, 0.15) is 97.3 Å². The zero-order valence-corrected chi connectivity index (χ0v) is 23.2. The Kier molecular flexibility index (Phi) is 25.9. The van der Waals surface area contributed by atoms with E-state index in [4.69, 9.17) is 9.47 Å². The van der Waals surface area contributed by atoms with E-state index in [0.29, 0.717) is 12.8 Å². The average molecular weight is 515 g/mol. The molecule has 208 valence electrons. The topological polar surface area (TPSA) is 72.8 Å². The van der Waals surface area contributed by atoms with Crippen molar-refractivity contribution in [2.45, 2.75) is 103 Å². The molecule has 0 spiro atoms. The molecule has 0 aliphatic carbocycles. The summed E-state index contributed by atoms with van der Waals surface area (Å²) < 4.78 is 10.4. The largest absolute Gasteiger partial charge is 0.462 e. The molecule has 0 aromatic carbocycles. The van der Waals surface area contributed by atoms with Crippen molar-refractivity contribution < 1.29 is 24.2 Å². The van der Waals surface area contributed by atoms with E-state index in [9.17, 15) is 14.7 Å². The minimum absolute atomic E-state index is 0.112. The second-order valence-electron chi connectivity index (χ2n) is 8.86. The van der Waals surface area contributed by atoms with Crippen molar-refractivity contribution in [1.29, 1.82) is 0 Å². The molecule has 0 amide bonds. The molecule has 0 radical (unpaired) electrons. The summed E-state index contributed by atoms with van der Waals surface area (Å²) in [4.78, 5) is 23.9. The molecule has 1 unspecified atom stereocenters. The highest BCUT2D eigenvalue weighted by Gasteiger charge is 2.15. The molecule has 0 aromatic rings. The van der Waals surface area contributed by atoms with Crippen molar-refractivity contribution >= 4 is 11.9 Å². The summed E-state index contributed by atoms with van der Waals surface area (Å²) in [6.07, 6.45) is 35.3. The van der Waals surface area contributed by atoms with E-state index < -0.39 is 6.10 Å². The Morgan fingerprint density at radius 2 is 1.22 bits per heavy atom. The molecular formula is C32H50O5. The first-order chi connectivity index (χ1) is 18.1. The van der Waals surface area contributed by atoms with Crippen LogP contribution in [0.3, 0.4) is 0 Å². The van der Waals surface area contributed by atoms with Gasteiger partial charge < -0.3 is 14.6 Å². The van der Waals surface area contributed by atoms with E-state index in [-0.39, 0.29) is 31.6 Å². The summed E-state index contributed by atoms with van der Waals surface area (Å²) in [7, 11) is 0. The van der Waals surface area contributed by atoms with Gasteiger partial charge in [-0.05, 0) is 44.9 Å². The summed E-state index contributed by atoms with van der Waals surface area (Å²) in [6, 6.07) is 0. The maximum absolute atomic E-state index is 12.0. The lowest BCUT2D eigenvalue weighted by Crippen LogP contribution is -2.28. The lowest BCUT2D eigenvalue weighted by molar-refractivity contribution is -0.161. The summed E-state index contributed by atoms with van der Waals surface area (Å²) >= 11 is 0. The van der Waals surface area contributed by atoms with Crippen molar-refractivity contribution in [3.8, 4) is 0 Å². The van der Waals surface area contributed by atoms with Crippen LogP contribution in [0.4, 0.5) is 0 Å². The van der Waals surface area contributed by atoms with Gasteiger partial charge in [0.15, 0.2) is 6.10 Å². The maximum Gasteiger partial charge on any atom is 0.306 e. The van der Waals surface area contributed by atoms with Crippen LogP contribution in [0.25, 0.3) is 0 Å². The third-order valence-corrected chi connectivity index (χ3v) is 5.36. The van der Waals surface area contributed by atoms with E-state index in [1.807, 2.05) is 54.7 Å². The van der Waals surface area contributed by atoms with Crippen LogP contribution in [-0.2, 0) is 19.1 Å². The smallest absolute Gasteiger partial charge is 0.306 e. The maximum atomic E-state index is 12.0. The summed E-state index contributed by atoms with van der Waals surface area (Å²) in [5, 5.41) is 9.43. The Morgan fingerprint density at radius 1 is 0.649 bits per heavy atom. The van der Waals surface area contributed by atoms with Crippen LogP contribution in [0, 0.1) is 0 Å². The first-order valence-corrected chi connectivity index (χ1v) is 14.1. The Labute approximate surface area is 225 Å². The van der Waals surface area contributed by atoms with Gasteiger partial charge in [0.25, 0.3) is 0 Å². The molecular weight excluding hydrogens is 464 g/mol. The minimum Gasteiger partial charge on any atom is -0.462 e. The number of aliphatic hydroxyl groups excluding tert-OH is 1. The van der Waals surface area contributed by atoms with Gasteiger partial charge in [-0.1, -0.05) is 112 Å². The SMILES string of the molecule is CC/C=C/C=C/C=C/C=C/C=C/CCCC(=O)OCC(CO)OC(=O)CCCCCC/C=C/CCCC. The van der Waals surface area contributed by atoms with Crippen molar-refractivity contribution in [2.24, 2.45) is 0 Å². The number of allylic oxidation sites excluding steroid dienone is 12. The minimum atomic E-state index is -0.805. The van der Waals surface area contributed by atoms with E-state index in [0.717, 1.165) is 51.4 Å². The number of rotatable bonds is 23. The van der Waals surface area contributed by atoms with E-state index >= 15 is 0 Å². The van der Waals surface area contributed by atoms with Gasteiger partial charge in [-0.2, -0.15) is 0 Å². The zero-order valence-electron chi connectivity index (χ0n) is 23.2. The van der Waals surface area contributed by atoms with Crippen LogP contribution in [0.5, 0.6) is 0 Å². The normalized spacial score (nSPS) is 13.3. The number of carbonyl (C=O) groups is 2. The third kappa shape index (κ3) is 26.2. The zero-order chi connectivity index (χ0) is 27.2. The molecule has 0 rings (SSSR count). The Morgan fingerprint density at radius 3 is 1.86 bits per heavy atom. The molecule has 0 aliphatic heterocycles. The summed E-state index contributed by atoms with van der Waals surface area (Å²) in [5.41, 5.74) is 0. The second-order valence-corrected chi connectivity index (χ2v) is 8.86. The molecule has 0 heterocycles. The number of unbranched alkanes of at least 4 members (excludes halogenated alkanes) is 7. The van der Waals surface area contributed by atoms with Crippen molar-refractivity contribution in [1.82, 2.24) is 0 Å². The Balaban J connectivity index is 3.83. The van der Waals surface area contributed by atoms with Crippen molar-refractivity contribution in [3.05, 3.63) is 72.9 Å². The lowest BCUT2D eigenvalue weighted by atomic mass is 10.1. The van der Waals surface area contributed by atoms with Gasteiger partial charge in [0.1, 0.15) is 6.61 Å². The molecule has 0 aliphatic rings. The van der Waals surface area contributed by atoms with Crippen molar-refractivity contribution in [3.63, 3.8) is 0 Å². The van der Waals surface area contributed by atoms with Gasteiger partial charge in [0.05, 0.1) is 6.61 Å². The molecule has 0 aromatic heterocycles. The van der Waals surface area contributed by atoms with Gasteiger partial charge in [0, 0.05) is 12.8 Å². The average Bonchev–Trinajstić information content (AvgIpc) is 2.90. The standard InChI is InChI=1S/C32H50O5/c1-3-5-7-9-11-13-15-16-17-19-20-22-24-26-31(34)36-29-30(28-33)37-32(35)27-25-23-21-18-14-12-10-8-6-4-2/h5,7,9-13,15-17,19-20,30,33H,3-4,6,8,14,18,21-29H2,1-2H3/b7-5+,11-9+,12-10+,15-13+,17-16+,20-19+. The predicted octanol–water partition coefficient (Wildman–Crippen LogP) is 7.88. The van der Waals surface area contributed by atoms with Gasteiger partial charge in [-0.25, -0.2) is 0 Å². The molecule has 0 bridgehead atoms. The molecule has 5 heteroatoms. The van der Waals surface area contributed by atoms with Crippen LogP contribution in [0.15, 0.2) is 72.9 Å². The predicted molar refractivity (Wildman–Crippen MR) is 154 cm³/mol. The number of aliphatic hydroxyl groups is 1. The summed E-state index contributed by atoms with van der Waals surface area (Å²) in [5.74, 6) is -0.707. The fourth-order valence-corrected chi connectivity index (χ4v) is 3.21. The van der Waals surface area contributed by atoms with Crippen LogP contribution >= 0.6 is 0 Å². The van der Waals surface area contributed by atoms with E-state index in [1.165, 1.54) is 12.8 Å². The number of hydrogen-bond donors (Lipinski definition) is 1. The van der Waals surface area contributed by atoms with Gasteiger partial charge >= 0.3 is 11.9 Å². The highest BCUT2D eigenvalue weighted by Crippen LogP contribution is 2.09.